The van der Waals surface area contributed by atoms with Gasteiger partial charge in [-0.05, 0) is 31.5 Å². The van der Waals surface area contributed by atoms with Crippen molar-refractivity contribution in [3.63, 3.8) is 0 Å². The third-order valence-electron chi connectivity index (χ3n) is 3.69. The van der Waals surface area contributed by atoms with Gasteiger partial charge in [0.1, 0.15) is 0 Å². The summed E-state index contributed by atoms with van der Waals surface area (Å²) in [5.74, 6) is 0.155. The van der Waals surface area contributed by atoms with Crippen LogP contribution in [0.2, 0.25) is 0 Å². The predicted octanol–water partition coefficient (Wildman–Crippen LogP) is 3.63. The Kier molecular flexibility index (Phi) is 4.76. The summed E-state index contributed by atoms with van der Waals surface area (Å²) >= 11 is 0. The maximum atomic E-state index is 12.9. The Hall–Kier alpha value is -2.01. The molecule has 1 N–H and O–H groups in total. The monoisotopic (exact) mass is 320 g/mol. The van der Waals surface area contributed by atoms with Gasteiger partial charge in [0.25, 0.3) is 0 Å². The van der Waals surface area contributed by atoms with Gasteiger partial charge in [-0.3, -0.25) is 0 Å². The van der Waals surface area contributed by atoms with Crippen LogP contribution >= 0.6 is 0 Å². The number of sulfone groups is 1. The summed E-state index contributed by atoms with van der Waals surface area (Å²) in [5.41, 5.74) is 1.36. The van der Waals surface area contributed by atoms with Gasteiger partial charge in [0.2, 0.25) is 0 Å². The van der Waals surface area contributed by atoms with Gasteiger partial charge < -0.3 is 9.84 Å². The van der Waals surface area contributed by atoms with Crippen LogP contribution in [-0.2, 0) is 9.84 Å². The van der Waals surface area contributed by atoms with E-state index in [1.54, 1.807) is 49.4 Å². The highest BCUT2D eigenvalue weighted by atomic mass is 32.2. The molecular formula is C17H20O4S. The van der Waals surface area contributed by atoms with Gasteiger partial charge in [-0.1, -0.05) is 36.8 Å². The van der Waals surface area contributed by atoms with Gasteiger partial charge in [-0.15, -0.1) is 0 Å². The first-order valence-electron chi connectivity index (χ1n) is 7.08. The van der Waals surface area contributed by atoms with E-state index >= 15 is 0 Å². The molecule has 0 fully saturated rings. The molecule has 5 heteroatoms. The fourth-order valence-electron chi connectivity index (χ4n) is 2.46. The SMILES string of the molecule is CCC(c1cccc(OC)c1O)S(=O)(=O)c1ccc(C)cc1. The van der Waals surface area contributed by atoms with Crippen LogP contribution in [0, 0.1) is 6.92 Å². The molecule has 0 heterocycles. The lowest BCUT2D eigenvalue weighted by atomic mass is 10.1. The fourth-order valence-corrected chi connectivity index (χ4v) is 4.27. The normalized spacial score (nSPS) is 12.9. The Morgan fingerprint density at radius 2 is 1.77 bits per heavy atom. The molecule has 1 atom stereocenters. The van der Waals surface area contributed by atoms with Gasteiger partial charge in [0.05, 0.1) is 17.3 Å². The van der Waals surface area contributed by atoms with Crippen LogP contribution in [0.5, 0.6) is 11.5 Å². The maximum Gasteiger partial charge on any atom is 0.185 e. The topological polar surface area (TPSA) is 63.6 Å². The molecule has 0 amide bonds. The van der Waals surface area contributed by atoms with Crippen molar-refractivity contribution >= 4 is 9.84 Å². The smallest absolute Gasteiger partial charge is 0.185 e. The van der Waals surface area contributed by atoms with Crippen molar-refractivity contribution in [3.8, 4) is 11.5 Å². The highest BCUT2D eigenvalue weighted by molar-refractivity contribution is 7.91. The minimum Gasteiger partial charge on any atom is -0.504 e. The van der Waals surface area contributed by atoms with Crippen molar-refractivity contribution < 1.29 is 18.3 Å². The van der Waals surface area contributed by atoms with Crippen molar-refractivity contribution in [2.75, 3.05) is 7.11 Å². The number of aromatic hydroxyl groups is 1. The number of ether oxygens (including phenoxy) is 1. The average Bonchev–Trinajstić information content (AvgIpc) is 2.50. The number of para-hydroxylation sites is 1. The van der Waals surface area contributed by atoms with Gasteiger partial charge in [-0.2, -0.15) is 0 Å². The highest BCUT2D eigenvalue weighted by Crippen LogP contribution is 2.40. The quantitative estimate of drug-likeness (QED) is 0.913. The zero-order valence-electron chi connectivity index (χ0n) is 12.9. The number of benzene rings is 2. The van der Waals surface area contributed by atoms with Crippen LogP contribution in [0.4, 0.5) is 0 Å². The molecule has 0 aliphatic rings. The van der Waals surface area contributed by atoms with Gasteiger partial charge >= 0.3 is 0 Å². The lowest BCUT2D eigenvalue weighted by molar-refractivity contribution is 0.370. The van der Waals surface area contributed by atoms with Crippen LogP contribution in [0.25, 0.3) is 0 Å². The molecule has 0 saturated heterocycles. The standard InChI is InChI=1S/C17H20O4S/c1-4-16(14-6-5-7-15(21-3)17(14)18)22(19,20)13-10-8-12(2)9-11-13/h5-11,16,18H,4H2,1-3H3. The number of hydrogen-bond acceptors (Lipinski definition) is 4. The second kappa shape index (κ2) is 6.40. The third-order valence-corrected chi connectivity index (χ3v) is 5.96. The summed E-state index contributed by atoms with van der Waals surface area (Å²) in [4.78, 5) is 0.257. The van der Waals surface area contributed by atoms with E-state index in [9.17, 15) is 13.5 Å². The number of rotatable bonds is 5. The summed E-state index contributed by atoms with van der Waals surface area (Å²) in [6.45, 7) is 3.69. The van der Waals surface area contributed by atoms with Crippen molar-refractivity contribution in [1.82, 2.24) is 0 Å². The summed E-state index contributed by atoms with van der Waals surface area (Å²) in [7, 11) is -2.15. The number of hydrogen-bond donors (Lipinski definition) is 1. The Balaban J connectivity index is 2.54. The predicted molar refractivity (Wildman–Crippen MR) is 86.1 cm³/mol. The van der Waals surface area contributed by atoms with Crippen LogP contribution in [0.15, 0.2) is 47.4 Å². The van der Waals surface area contributed by atoms with Crippen LogP contribution in [-0.4, -0.2) is 20.6 Å². The summed E-state index contributed by atoms with van der Waals surface area (Å²) in [6.07, 6.45) is 0.358. The molecule has 0 bridgehead atoms. The highest BCUT2D eigenvalue weighted by Gasteiger charge is 2.30. The van der Waals surface area contributed by atoms with E-state index in [2.05, 4.69) is 0 Å². The average molecular weight is 320 g/mol. The van der Waals surface area contributed by atoms with E-state index in [0.29, 0.717) is 12.0 Å². The number of methoxy groups -OCH3 is 1. The van der Waals surface area contributed by atoms with Gasteiger partial charge in [0, 0.05) is 5.56 Å². The number of phenols is 1. The minimum absolute atomic E-state index is 0.118. The molecule has 0 radical (unpaired) electrons. The van der Waals surface area contributed by atoms with Crippen molar-refractivity contribution in [3.05, 3.63) is 53.6 Å². The van der Waals surface area contributed by atoms with E-state index in [-0.39, 0.29) is 16.4 Å². The van der Waals surface area contributed by atoms with E-state index in [1.165, 1.54) is 7.11 Å². The van der Waals surface area contributed by atoms with Crippen molar-refractivity contribution in [2.24, 2.45) is 0 Å². The first-order chi connectivity index (χ1) is 10.4. The fraction of sp³-hybridized carbons (Fsp3) is 0.294. The molecular weight excluding hydrogens is 300 g/mol. The number of phenolic OH excluding ortho intramolecular Hbond substituents is 1. The third kappa shape index (κ3) is 2.95. The molecule has 2 aromatic carbocycles. The zero-order valence-corrected chi connectivity index (χ0v) is 13.7. The van der Waals surface area contributed by atoms with E-state index in [1.807, 2.05) is 6.92 Å². The van der Waals surface area contributed by atoms with E-state index in [4.69, 9.17) is 4.74 Å². The van der Waals surface area contributed by atoms with E-state index < -0.39 is 15.1 Å². The second-order valence-corrected chi connectivity index (χ2v) is 7.28. The molecule has 0 aromatic heterocycles. The van der Waals surface area contributed by atoms with Crippen molar-refractivity contribution in [1.29, 1.82) is 0 Å². The first kappa shape index (κ1) is 16.4. The Bertz CT molecular complexity index is 749. The van der Waals surface area contributed by atoms with Crippen LogP contribution < -0.4 is 4.74 Å². The molecule has 22 heavy (non-hydrogen) atoms. The maximum absolute atomic E-state index is 12.9. The molecule has 1 unspecified atom stereocenters. The van der Waals surface area contributed by atoms with Crippen molar-refractivity contribution in [2.45, 2.75) is 30.4 Å². The molecule has 0 aliphatic carbocycles. The molecule has 4 nitrogen and oxygen atoms in total. The van der Waals surface area contributed by atoms with Gasteiger partial charge in [0.15, 0.2) is 21.3 Å². The molecule has 2 aromatic rings. The summed E-state index contributed by atoms with van der Waals surface area (Å²) in [5, 5.41) is 9.44. The zero-order chi connectivity index (χ0) is 16.3. The Labute approximate surface area is 131 Å². The molecule has 118 valence electrons. The van der Waals surface area contributed by atoms with Crippen LogP contribution in [0.3, 0.4) is 0 Å². The Morgan fingerprint density at radius 1 is 1.14 bits per heavy atom. The van der Waals surface area contributed by atoms with Gasteiger partial charge in [-0.25, -0.2) is 8.42 Å². The Morgan fingerprint density at radius 3 is 2.32 bits per heavy atom. The molecule has 0 aliphatic heterocycles. The van der Waals surface area contributed by atoms with Crippen LogP contribution in [0.1, 0.15) is 29.7 Å². The lowest BCUT2D eigenvalue weighted by Gasteiger charge is -2.19. The lowest BCUT2D eigenvalue weighted by Crippen LogP contribution is -2.13. The largest absolute Gasteiger partial charge is 0.504 e. The first-order valence-corrected chi connectivity index (χ1v) is 8.62. The molecule has 2 rings (SSSR count). The second-order valence-electron chi connectivity index (χ2n) is 5.15. The summed E-state index contributed by atoms with van der Waals surface area (Å²) in [6, 6.07) is 11.6. The molecule has 0 saturated carbocycles. The summed E-state index contributed by atoms with van der Waals surface area (Å²) < 4.78 is 30.8. The molecule has 0 spiro atoms. The van der Waals surface area contributed by atoms with E-state index in [0.717, 1.165) is 5.56 Å². The minimum atomic E-state index is -3.58. The number of aryl methyl sites for hydroxylation is 1.